The van der Waals surface area contributed by atoms with Crippen LogP contribution in [0, 0.1) is 0 Å². The highest BCUT2D eigenvalue weighted by atomic mass is 35.5. The van der Waals surface area contributed by atoms with E-state index in [4.69, 9.17) is 28.3 Å². The fourth-order valence-electron chi connectivity index (χ4n) is 1.43. The Kier molecular flexibility index (Phi) is 3.55. The van der Waals surface area contributed by atoms with Crippen LogP contribution in [0.2, 0.25) is 10.0 Å². The van der Waals surface area contributed by atoms with Crippen LogP contribution in [0.4, 0.5) is 0 Å². The highest BCUT2D eigenvalue weighted by molar-refractivity contribution is 7.89. The van der Waals surface area contributed by atoms with E-state index in [0.29, 0.717) is 0 Å². The van der Waals surface area contributed by atoms with E-state index >= 15 is 0 Å². The number of hydrogen-bond acceptors (Lipinski definition) is 3. The Morgan fingerprint density at radius 1 is 1.33 bits per heavy atom. The maximum atomic E-state index is 11.9. The van der Waals surface area contributed by atoms with E-state index in [1.54, 1.807) is 0 Å². The molecule has 1 aliphatic rings. The normalized spacial score (nSPS) is 15.5. The smallest absolute Gasteiger partial charge is 0.253 e. The molecule has 0 unspecified atom stereocenters. The van der Waals surface area contributed by atoms with Crippen molar-refractivity contribution in [1.82, 2.24) is 5.32 Å². The van der Waals surface area contributed by atoms with Crippen molar-refractivity contribution < 1.29 is 13.2 Å². The summed E-state index contributed by atoms with van der Waals surface area (Å²) in [6.45, 7) is 0. The second kappa shape index (κ2) is 4.70. The first-order chi connectivity index (χ1) is 8.29. The summed E-state index contributed by atoms with van der Waals surface area (Å²) in [5, 5.41) is 7.58. The first-order valence-electron chi connectivity index (χ1n) is 5.12. The van der Waals surface area contributed by atoms with Crippen molar-refractivity contribution >= 4 is 39.1 Å². The summed E-state index contributed by atoms with van der Waals surface area (Å²) < 4.78 is 22.6. The Labute approximate surface area is 114 Å². The van der Waals surface area contributed by atoms with Gasteiger partial charge in [0, 0.05) is 11.1 Å². The molecule has 0 aromatic heterocycles. The number of carbonyl (C=O) groups excluding carboxylic acids is 1. The second-order valence-electron chi connectivity index (χ2n) is 4.06. The SMILES string of the molecule is NS(=O)(=O)c1cc(Cl)cc(C(=O)NC2CC2)c1Cl. The van der Waals surface area contributed by atoms with Crippen molar-refractivity contribution in [2.24, 2.45) is 5.14 Å². The summed E-state index contributed by atoms with van der Waals surface area (Å²) in [6.07, 6.45) is 1.82. The number of halogens is 2. The summed E-state index contributed by atoms with van der Waals surface area (Å²) in [7, 11) is -4.02. The van der Waals surface area contributed by atoms with Crippen LogP contribution < -0.4 is 10.5 Å². The zero-order valence-electron chi connectivity index (χ0n) is 9.11. The molecule has 0 spiro atoms. The minimum Gasteiger partial charge on any atom is -0.349 e. The Morgan fingerprint density at radius 2 is 1.94 bits per heavy atom. The van der Waals surface area contributed by atoms with Gasteiger partial charge in [-0.25, -0.2) is 13.6 Å². The standard InChI is InChI=1S/C10H10Cl2N2O3S/c11-5-3-7(10(15)14-6-1-2-6)9(12)8(4-5)18(13,16)17/h3-4,6H,1-2H2,(H,14,15)(H2,13,16,17). The summed E-state index contributed by atoms with van der Waals surface area (Å²) in [6, 6.07) is 2.56. The van der Waals surface area contributed by atoms with Gasteiger partial charge < -0.3 is 5.32 Å². The molecule has 1 amide bonds. The lowest BCUT2D eigenvalue weighted by Crippen LogP contribution is -2.26. The average molecular weight is 309 g/mol. The molecule has 5 nitrogen and oxygen atoms in total. The van der Waals surface area contributed by atoms with Gasteiger partial charge in [0.15, 0.2) is 0 Å². The third-order valence-corrected chi connectivity index (χ3v) is 4.14. The summed E-state index contributed by atoms with van der Waals surface area (Å²) in [5.74, 6) is -0.449. The topological polar surface area (TPSA) is 89.3 Å². The van der Waals surface area contributed by atoms with Crippen LogP contribution in [-0.2, 0) is 10.0 Å². The van der Waals surface area contributed by atoms with E-state index in [0.717, 1.165) is 18.9 Å². The second-order valence-corrected chi connectivity index (χ2v) is 6.40. The first kappa shape index (κ1) is 13.6. The predicted molar refractivity (Wildman–Crippen MR) is 68.3 cm³/mol. The van der Waals surface area contributed by atoms with Crippen molar-refractivity contribution in [3.63, 3.8) is 0 Å². The van der Waals surface area contributed by atoms with Crippen LogP contribution in [0.25, 0.3) is 0 Å². The number of primary sulfonamides is 1. The molecule has 0 atom stereocenters. The largest absolute Gasteiger partial charge is 0.349 e. The molecule has 0 radical (unpaired) electrons. The summed E-state index contributed by atoms with van der Waals surface area (Å²) in [4.78, 5) is 11.5. The van der Waals surface area contributed by atoms with Crippen molar-refractivity contribution in [2.45, 2.75) is 23.8 Å². The van der Waals surface area contributed by atoms with Gasteiger partial charge in [-0.3, -0.25) is 4.79 Å². The van der Waals surface area contributed by atoms with Gasteiger partial charge in [0.25, 0.3) is 5.91 Å². The van der Waals surface area contributed by atoms with Crippen LogP contribution in [0.3, 0.4) is 0 Å². The highest BCUT2D eigenvalue weighted by Crippen LogP contribution is 2.29. The van der Waals surface area contributed by atoms with E-state index in [1.165, 1.54) is 6.07 Å². The zero-order valence-corrected chi connectivity index (χ0v) is 11.4. The number of nitrogens with one attached hydrogen (secondary N) is 1. The average Bonchev–Trinajstić information content (AvgIpc) is 3.03. The minimum absolute atomic E-state index is 0.0140. The molecule has 1 aromatic carbocycles. The molecule has 3 N–H and O–H groups in total. The van der Waals surface area contributed by atoms with Gasteiger partial charge in [-0.1, -0.05) is 23.2 Å². The molecular weight excluding hydrogens is 299 g/mol. The van der Waals surface area contributed by atoms with Gasteiger partial charge in [0.1, 0.15) is 4.90 Å². The summed E-state index contributed by atoms with van der Waals surface area (Å²) >= 11 is 11.7. The lowest BCUT2D eigenvalue weighted by molar-refractivity contribution is 0.0951. The Hall–Kier alpha value is -0.820. The molecule has 0 bridgehead atoms. The van der Waals surface area contributed by atoms with Crippen molar-refractivity contribution in [3.8, 4) is 0 Å². The number of rotatable bonds is 3. The molecule has 0 aliphatic heterocycles. The molecule has 8 heteroatoms. The fourth-order valence-corrected chi connectivity index (χ4v) is 2.88. The lowest BCUT2D eigenvalue weighted by atomic mass is 10.2. The molecule has 1 saturated carbocycles. The molecule has 0 saturated heterocycles. The summed E-state index contributed by atoms with van der Waals surface area (Å²) in [5.41, 5.74) is 0.0140. The number of hydrogen-bond donors (Lipinski definition) is 2. The first-order valence-corrected chi connectivity index (χ1v) is 7.42. The number of nitrogens with two attached hydrogens (primary N) is 1. The van der Waals surface area contributed by atoms with Crippen molar-refractivity contribution in [3.05, 3.63) is 27.7 Å². The van der Waals surface area contributed by atoms with Gasteiger partial charge >= 0.3 is 0 Å². The third kappa shape index (κ3) is 2.95. The number of amides is 1. The van der Waals surface area contributed by atoms with E-state index in [1.807, 2.05) is 0 Å². The maximum Gasteiger partial charge on any atom is 0.253 e. The highest BCUT2D eigenvalue weighted by Gasteiger charge is 2.27. The Morgan fingerprint density at radius 3 is 2.44 bits per heavy atom. The Balaban J connectivity index is 2.47. The van der Waals surface area contributed by atoms with Gasteiger partial charge in [-0.05, 0) is 25.0 Å². The van der Waals surface area contributed by atoms with Crippen LogP contribution >= 0.6 is 23.2 Å². The maximum absolute atomic E-state index is 11.9. The third-order valence-electron chi connectivity index (χ3n) is 2.47. The molecule has 98 valence electrons. The van der Waals surface area contributed by atoms with Crippen LogP contribution in [0.1, 0.15) is 23.2 Å². The van der Waals surface area contributed by atoms with Crippen LogP contribution in [0.5, 0.6) is 0 Å². The lowest BCUT2D eigenvalue weighted by Gasteiger charge is -2.09. The van der Waals surface area contributed by atoms with Crippen LogP contribution in [-0.4, -0.2) is 20.4 Å². The monoisotopic (exact) mass is 308 g/mol. The van der Waals surface area contributed by atoms with E-state index < -0.39 is 15.9 Å². The quantitative estimate of drug-likeness (QED) is 0.887. The molecule has 0 heterocycles. The molecule has 2 rings (SSSR count). The number of carbonyl (C=O) groups is 1. The molecule has 1 fully saturated rings. The zero-order chi connectivity index (χ0) is 13.5. The van der Waals surface area contributed by atoms with Gasteiger partial charge in [0.05, 0.1) is 10.6 Å². The molecular formula is C10H10Cl2N2O3S. The van der Waals surface area contributed by atoms with E-state index in [9.17, 15) is 13.2 Å². The number of benzene rings is 1. The molecule has 1 aliphatic carbocycles. The van der Waals surface area contributed by atoms with Crippen molar-refractivity contribution in [2.75, 3.05) is 0 Å². The fraction of sp³-hybridized carbons (Fsp3) is 0.300. The van der Waals surface area contributed by atoms with E-state index in [2.05, 4.69) is 5.32 Å². The molecule has 18 heavy (non-hydrogen) atoms. The predicted octanol–water partition coefficient (Wildman–Crippen LogP) is 1.53. The van der Waals surface area contributed by atoms with Crippen molar-refractivity contribution in [1.29, 1.82) is 0 Å². The number of sulfonamides is 1. The van der Waals surface area contributed by atoms with E-state index in [-0.39, 0.29) is 26.5 Å². The Bertz CT molecular complexity index is 612. The van der Waals surface area contributed by atoms with Gasteiger partial charge in [-0.2, -0.15) is 0 Å². The van der Waals surface area contributed by atoms with Crippen LogP contribution in [0.15, 0.2) is 17.0 Å². The minimum atomic E-state index is -4.02. The van der Waals surface area contributed by atoms with Gasteiger partial charge in [0.2, 0.25) is 10.0 Å². The van der Waals surface area contributed by atoms with Gasteiger partial charge in [-0.15, -0.1) is 0 Å². The molecule has 1 aromatic rings.